The van der Waals surface area contributed by atoms with E-state index in [-0.39, 0.29) is 11.5 Å². The van der Waals surface area contributed by atoms with Gasteiger partial charge in [0, 0.05) is 18.3 Å². The lowest BCUT2D eigenvalue weighted by atomic mass is 10.0. The van der Waals surface area contributed by atoms with Gasteiger partial charge in [0.15, 0.2) is 0 Å². The van der Waals surface area contributed by atoms with Gasteiger partial charge in [0.05, 0.1) is 0 Å². The second kappa shape index (κ2) is 9.35. The van der Waals surface area contributed by atoms with Gasteiger partial charge in [-0.3, -0.25) is 9.59 Å². The zero-order valence-corrected chi connectivity index (χ0v) is 15.8. The average Bonchev–Trinajstić information content (AvgIpc) is 2.66. The molecule has 0 aliphatic heterocycles. The Hall–Kier alpha value is -3.39. The molecule has 0 radical (unpaired) electrons. The van der Waals surface area contributed by atoms with E-state index in [2.05, 4.69) is 10.6 Å². The van der Waals surface area contributed by atoms with Crippen LogP contribution in [0, 0.1) is 11.3 Å². The highest BCUT2D eigenvalue weighted by Gasteiger charge is 2.14. The minimum atomic E-state index is -0.431. The van der Waals surface area contributed by atoms with Crippen LogP contribution in [-0.4, -0.2) is 11.8 Å². The van der Waals surface area contributed by atoms with Gasteiger partial charge < -0.3 is 10.6 Å². The summed E-state index contributed by atoms with van der Waals surface area (Å²) in [6.07, 6.45) is 3.12. The van der Waals surface area contributed by atoms with Crippen LogP contribution >= 0.6 is 0 Å². The second-order valence-electron chi connectivity index (χ2n) is 6.09. The van der Waals surface area contributed by atoms with Gasteiger partial charge in [-0.05, 0) is 47.7 Å². The number of benzene rings is 2. The van der Waals surface area contributed by atoms with Gasteiger partial charge in [0.2, 0.25) is 5.91 Å². The fourth-order valence-corrected chi connectivity index (χ4v) is 2.77. The van der Waals surface area contributed by atoms with Gasteiger partial charge in [-0.1, -0.05) is 44.2 Å². The first-order chi connectivity index (χ1) is 13.0. The average molecular weight is 361 g/mol. The molecule has 0 unspecified atom stereocenters. The number of carbonyl (C=O) groups excluding carboxylic acids is 2. The van der Waals surface area contributed by atoms with Crippen LogP contribution in [0.25, 0.3) is 6.08 Å². The fourth-order valence-electron chi connectivity index (χ4n) is 2.77. The molecule has 0 aliphatic carbocycles. The summed E-state index contributed by atoms with van der Waals surface area (Å²) in [6, 6.07) is 14.8. The highest BCUT2D eigenvalue weighted by molar-refractivity contribution is 6.10. The SMILES string of the molecule is CCc1cccc(CC)c1NC(=O)/C(C#N)=C\c1ccc(NC(C)=O)cc1. The summed E-state index contributed by atoms with van der Waals surface area (Å²) in [6.45, 7) is 5.49. The first-order valence-corrected chi connectivity index (χ1v) is 8.90. The Bertz CT molecular complexity index is 884. The van der Waals surface area contributed by atoms with Crippen molar-refractivity contribution in [2.45, 2.75) is 33.6 Å². The van der Waals surface area contributed by atoms with Crippen molar-refractivity contribution in [3.05, 3.63) is 64.7 Å². The molecule has 2 aromatic carbocycles. The minimum absolute atomic E-state index is 0.0234. The van der Waals surface area contributed by atoms with Gasteiger partial charge in [0.1, 0.15) is 11.6 Å². The highest BCUT2D eigenvalue weighted by atomic mass is 16.2. The van der Waals surface area contributed by atoms with E-state index < -0.39 is 5.91 Å². The molecule has 0 heterocycles. The van der Waals surface area contributed by atoms with E-state index in [1.54, 1.807) is 24.3 Å². The Labute approximate surface area is 159 Å². The number of anilines is 2. The summed E-state index contributed by atoms with van der Waals surface area (Å²) in [5.74, 6) is -0.587. The monoisotopic (exact) mass is 361 g/mol. The molecule has 0 spiro atoms. The number of nitrogens with zero attached hydrogens (tertiary/aromatic N) is 1. The van der Waals surface area contributed by atoms with Crippen LogP contribution in [-0.2, 0) is 22.4 Å². The van der Waals surface area contributed by atoms with Crippen molar-refractivity contribution in [3.63, 3.8) is 0 Å². The van der Waals surface area contributed by atoms with E-state index in [4.69, 9.17) is 0 Å². The lowest BCUT2D eigenvalue weighted by molar-refractivity contribution is -0.114. The summed E-state index contributed by atoms with van der Waals surface area (Å²) in [5, 5.41) is 15.0. The number of hydrogen-bond donors (Lipinski definition) is 2. The van der Waals surface area contributed by atoms with E-state index in [0.717, 1.165) is 29.7 Å². The number of amides is 2. The van der Waals surface area contributed by atoms with Crippen LogP contribution in [0.4, 0.5) is 11.4 Å². The Morgan fingerprint density at radius 2 is 1.59 bits per heavy atom. The maximum absolute atomic E-state index is 12.6. The molecule has 138 valence electrons. The Balaban J connectivity index is 2.25. The molecule has 0 fully saturated rings. The Kier molecular flexibility index (Phi) is 6.90. The molecule has 2 rings (SSSR count). The minimum Gasteiger partial charge on any atom is -0.326 e. The first kappa shape index (κ1) is 19.9. The molecule has 0 bridgehead atoms. The normalized spacial score (nSPS) is 10.8. The lowest BCUT2D eigenvalue weighted by Gasteiger charge is -2.14. The number of para-hydroxylation sites is 1. The van der Waals surface area contributed by atoms with Crippen LogP contribution in [0.5, 0.6) is 0 Å². The van der Waals surface area contributed by atoms with Gasteiger partial charge in [-0.25, -0.2) is 0 Å². The largest absolute Gasteiger partial charge is 0.326 e. The van der Waals surface area contributed by atoms with Crippen molar-refractivity contribution in [2.75, 3.05) is 10.6 Å². The van der Waals surface area contributed by atoms with Gasteiger partial charge >= 0.3 is 0 Å². The van der Waals surface area contributed by atoms with E-state index in [9.17, 15) is 14.9 Å². The summed E-state index contributed by atoms with van der Waals surface area (Å²) < 4.78 is 0. The summed E-state index contributed by atoms with van der Waals surface area (Å²) in [5.41, 5.74) is 4.26. The standard InChI is InChI=1S/C22H23N3O2/c1-4-17-7-6-8-18(5-2)21(17)25-22(27)19(14-23)13-16-9-11-20(12-10-16)24-15(3)26/h6-13H,4-5H2,1-3H3,(H,24,26)(H,25,27)/b19-13-. The molecule has 5 nitrogen and oxygen atoms in total. The number of hydrogen-bond acceptors (Lipinski definition) is 3. The molecule has 5 heteroatoms. The Morgan fingerprint density at radius 3 is 2.07 bits per heavy atom. The van der Waals surface area contributed by atoms with Crippen molar-refractivity contribution in [3.8, 4) is 6.07 Å². The van der Waals surface area contributed by atoms with Gasteiger partial charge in [-0.15, -0.1) is 0 Å². The van der Waals surface area contributed by atoms with E-state index in [1.165, 1.54) is 13.0 Å². The smallest absolute Gasteiger partial charge is 0.266 e. The van der Waals surface area contributed by atoms with Crippen molar-refractivity contribution in [2.24, 2.45) is 0 Å². The molecule has 0 aliphatic rings. The molecule has 2 amide bonds. The molecular formula is C22H23N3O2. The first-order valence-electron chi connectivity index (χ1n) is 8.90. The molecule has 0 atom stereocenters. The van der Waals surface area contributed by atoms with Gasteiger partial charge in [0.25, 0.3) is 5.91 Å². The van der Waals surface area contributed by atoms with Crippen LogP contribution in [0.3, 0.4) is 0 Å². The molecule has 27 heavy (non-hydrogen) atoms. The highest BCUT2D eigenvalue weighted by Crippen LogP contribution is 2.23. The maximum Gasteiger partial charge on any atom is 0.266 e. The van der Waals surface area contributed by atoms with Crippen LogP contribution < -0.4 is 10.6 Å². The van der Waals surface area contributed by atoms with E-state index in [0.29, 0.717) is 11.3 Å². The van der Waals surface area contributed by atoms with Gasteiger partial charge in [-0.2, -0.15) is 5.26 Å². The predicted molar refractivity (Wildman–Crippen MR) is 108 cm³/mol. The predicted octanol–water partition coefficient (Wildman–Crippen LogP) is 4.32. The number of aryl methyl sites for hydroxylation is 2. The van der Waals surface area contributed by atoms with Crippen molar-refractivity contribution in [1.82, 2.24) is 0 Å². The van der Waals surface area contributed by atoms with E-state index in [1.807, 2.05) is 38.1 Å². The number of nitrogens with one attached hydrogen (secondary N) is 2. The molecule has 2 N–H and O–H groups in total. The zero-order valence-electron chi connectivity index (χ0n) is 15.8. The summed E-state index contributed by atoms with van der Waals surface area (Å²) in [4.78, 5) is 23.7. The van der Waals surface area contributed by atoms with Crippen LogP contribution in [0.15, 0.2) is 48.0 Å². The van der Waals surface area contributed by atoms with Crippen molar-refractivity contribution in [1.29, 1.82) is 5.26 Å². The fraction of sp³-hybridized carbons (Fsp3) is 0.227. The lowest BCUT2D eigenvalue weighted by Crippen LogP contribution is -2.16. The Morgan fingerprint density at radius 1 is 1.00 bits per heavy atom. The van der Waals surface area contributed by atoms with E-state index >= 15 is 0 Å². The van der Waals surface area contributed by atoms with Crippen molar-refractivity contribution < 1.29 is 9.59 Å². The van der Waals surface area contributed by atoms with Crippen LogP contribution in [0.2, 0.25) is 0 Å². The molecule has 0 aromatic heterocycles. The molecular weight excluding hydrogens is 338 g/mol. The third-order valence-electron chi connectivity index (χ3n) is 4.14. The number of nitriles is 1. The zero-order chi connectivity index (χ0) is 19.8. The molecule has 0 saturated carbocycles. The summed E-state index contributed by atoms with van der Waals surface area (Å²) in [7, 11) is 0. The second-order valence-corrected chi connectivity index (χ2v) is 6.09. The summed E-state index contributed by atoms with van der Waals surface area (Å²) >= 11 is 0. The van der Waals surface area contributed by atoms with Crippen LogP contribution in [0.1, 0.15) is 37.5 Å². The number of rotatable bonds is 6. The maximum atomic E-state index is 12.6. The molecule has 2 aromatic rings. The topological polar surface area (TPSA) is 82.0 Å². The van der Waals surface area contributed by atoms with Crippen molar-refractivity contribution >= 4 is 29.3 Å². The number of carbonyl (C=O) groups is 2. The third kappa shape index (κ3) is 5.29. The third-order valence-corrected chi connectivity index (χ3v) is 4.14. The molecule has 0 saturated heterocycles. The quantitative estimate of drug-likeness (QED) is 0.594.